The molecule has 0 bridgehead atoms. The number of nitrogens with zero attached hydrogens (tertiary/aromatic N) is 1. The molecule has 2 aromatic carbocycles. The summed E-state index contributed by atoms with van der Waals surface area (Å²) in [6.45, 7) is 0. The van der Waals surface area contributed by atoms with Crippen molar-refractivity contribution in [2.45, 2.75) is 0 Å². The van der Waals surface area contributed by atoms with Crippen LogP contribution < -0.4 is 15.6 Å². The van der Waals surface area contributed by atoms with Crippen molar-refractivity contribution in [2.75, 3.05) is 0 Å². The molecule has 0 aliphatic carbocycles. The number of carbonyl (C=O) groups excluding carboxylic acids is 2. The molecule has 0 radical (unpaired) electrons. The maximum Gasteiger partial charge on any atom is 0.288 e. The summed E-state index contributed by atoms with van der Waals surface area (Å²) < 4.78 is 5.69. The molecule has 0 saturated carbocycles. The molecular formula is C19H15N3O3. The zero-order valence-electron chi connectivity index (χ0n) is 13.2. The van der Waals surface area contributed by atoms with Gasteiger partial charge in [0.15, 0.2) is 0 Å². The number of benzene rings is 2. The van der Waals surface area contributed by atoms with Gasteiger partial charge in [-0.15, -0.1) is 0 Å². The van der Waals surface area contributed by atoms with Gasteiger partial charge in [0.2, 0.25) is 0 Å². The predicted octanol–water partition coefficient (Wildman–Crippen LogP) is 2.95. The first kappa shape index (κ1) is 16.2. The molecule has 3 rings (SSSR count). The van der Waals surface area contributed by atoms with Gasteiger partial charge in [-0.1, -0.05) is 30.3 Å². The van der Waals surface area contributed by atoms with E-state index in [-0.39, 0.29) is 5.69 Å². The molecule has 1 aromatic heterocycles. The molecule has 0 aliphatic heterocycles. The van der Waals surface area contributed by atoms with Crippen LogP contribution in [0, 0.1) is 0 Å². The first-order valence-corrected chi connectivity index (χ1v) is 7.57. The number of para-hydroxylation sites is 1. The van der Waals surface area contributed by atoms with Crippen LogP contribution in [0.1, 0.15) is 20.8 Å². The zero-order valence-corrected chi connectivity index (χ0v) is 13.2. The van der Waals surface area contributed by atoms with Crippen molar-refractivity contribution in [1.29, 1.82) is 0 Å². The number of amides is 2. The molecule has 3 aromatic rings. The highest BCUT2D eigenvalue weighted by Gasteiger charge is 2.10. The predicted molar refractivity (Wildman–Crippen MR) is 92.1 cm³/mol. The second kappa shape index (κ2) is 7.74. The molecular weight excluding hydrogens is 318 g/mol. The molecule has 2 N–H and O–H groups in total. The Morgan fingerprint density at radius 1 is 0.760 bits per heavy atom. The Bertz CT molecular complexity index is 867. The molecule has 2 amide bonds. The van der Waals surface area contributed by atoms with Crippen molar-refractivity contribution in [2.24, 2.45) is 0 Å². The first-order valence-electron chi connectivity index (χ1n) is 7.57. The van der Waals surface area contributed by atoms with E-state index in [1.54, 1.807) is 42.5 Å². The SMILES string of the molecule is O=C(NNC(=O)c1ccccn1)c1cccc(Oc2ccccc2)c1. The fraction of sp³-hybridized carbons (Fsp3) is 0. The Morgan fingerprint density at radius 2 is 1.48 bits per heavy atom. The number of hydrogen-bond acceptors (Lipinski definition) is 4. The van der Waals surface area contributed by atoms with Gasteiger partial charge in [-0.3, -0.25) is 25.4 Å². The van der Waals surface area contributed by atoms with Gasteiger partial charge in [0.05, 0.1) is 0 Å². The minimum absolute atomic E-state index is 0.212. The number of carbonyl (C=O) groups is 2. The van der Waals surface area contributed by atoms with E-state index >= 15 is 0 Å². The first-order chi connectivity index (χ1) is 12.2. The van der Waals surface area contributed by atoms with Crippen molar-refractivity contribution < 1.29 is 14.3 Å². The summed E-state index contributed by atoms with van der Waals surface area (Å²) in [6.07, 6.45) is 1.50. The normalized spacial score (nSPS) is 9.92. The van der Waals surface area contributed by atoms with Crippen LogP contribution in [0.25, 0.3) is 0 Å². The van der Waals surface area contributed by atoms with Crippen molar-refractivity contribution in [1.82, 2.24) is 15.8 Å². The lowest BCUT2D eigenvalue weighted by atomic mass is 10.2. The van der Waals surface area contributed by atoms with Gasteiger partial charge in [0.1, 0.15) is 17.2 Å². The number of ether oxygens (including phenoxy) is 1. The summed E-state index contributed by atoms with van der Waals surface area (Å²) >= 11 is 0. The molecule has 0 saturated heterocycles. The Hall–Kier alpha value is -3.67. The van der Waals surface area contributed by atoms with Crippen molar-refractivity contribution in [3.8, 4) is 11.5 Å². The van der Waals surface area contributed by atoms with E-state index in [1.807, 2.05) is 30.3 Å². The number of hydrogen-bond donors (Lipinski definition) is 2. The third-order valence-corrected chi connectivity index (χ3v) is 3.26. The lowest BCUT2D eigenvalue weighted by molar-refractivity contribution is 0.0844. The molecule has 124 valence electrons. The Balaban J connectivity index is 1.62. The zero-order chi connectivity index (χ0) is 17.5. The molecule has 0 atom stereocenters. The molecule has 1 heterocycles. The van der Waals surface area contributed by atoms with Gasteiger partial charge < -0.3 is 4.74 Å². The topological polar surface area (TPSA) is 80.3 Å². The summed E-state index contributed by atoms with van der Waals surface area (Å²) in [7, 11) is 0. The van der Waals surface area contributed by atoms with Gasteiger partial charge in [-0.05, 0) is 42.5 Å². The van der Waals surface area contributed by atoms with E-state index in [9.17, 15) is 9.59 Å². The number of nitrogens with one attached hydrogen (secondary N) is 2. The summed E-state index contributed by atoms with van der Waals surface area (Å²) in [4.78, 5) is 28.0. The Labute approximate surface area is 144 Å². The van der Waals surface area contributed by atoms with Crippen LogP contribution in [0.15, 0.2) is 79.0 Å². The van der Waals surface area contributed by atoms with Gasteiger partial charge in [0.25, 0.3) is 11.8 Å². The van der Waals surface area contributed by atoms with Crippen LogP contribution in [0.5, 0.6) is 11.5 Å². The van der Waals surface area contributed by atoms with Crippen LogP contribution in [0.3, 0.4) is 0 Å². The van der Waals surface area contributed by atoms with Crippen molar-refractivity contribution in [3.63, 3.8) is 0 Å². The third kappa shape index (κ3) is 4.42. The van der Waals surface area contributed by atoms with E-state index in [1.165, 1.54) is 6.20 Å². The van der Waals surface area contributed by atoms with E-state index in [0.717, 1.165) is 0 Å². The molecule has 6 nitrogen and oxygen atoms in total. The highest BCUT2D eigenvalue weighted by atomic mass is 16.5. The molecule has 0 unspecified atom stereocenters. The Morgan fingerprint density at radius 3 is 2.24 bits per heavy atom. The highest BCUT2D eigenvalue weighted by Crippen LogP contribution is 2.21. The lowest BCUT2D eigenvalue weighted by Crippen LogP contribution is -2.41. The van der Waals surface area contributed by atoms with Crippen LogP contribution >= 0.6 is 0 Å². The van der Waals surface area contributed by atoms with E-state index < -0.39 is 11.8 Å². The fourth-order valence-corrected chi connectivity index (χ4v) is 2.07. The van der Waals surface area contributed by atoms with Gasteiger partial charge in [-0.2, -0.15) is 0 Å². The summed E-state index contributed by atoms with van der Waals surface area (Å²) in [5, 5.41) is 0. The molecule has 0 aliphatic rings. The number of aromatic nitrogens is 1. The van der Waals surface area contributed by atoms with Gasteiger partial charge in [0, 0.05) is 11.8 Å². The monoisotopic (exact) mass is 333 g/mol. The molecule has 25 heavy (non-hydrogen) atoms. The summed E-state index contributed by atoms with van der Waals surface area (Å²) in [5.41, 5.74) is 5.25. The quantitative estimate of drug-likeness (QED) is 0.719. The average molecular weight is 333 g/mol. The second-order valence-corrected chi connectivity index (χ2v) is 5.07. The average Bonchev–Trinajstić information content (AvgIpc) is 2.67. The standard InChI is InChI=1S/C19H15N3O3/c23-18(21-22-19(24)17-11-4-5-12-20-17)14-7-6-10-16(13-14)25-15-8-2-1-3-9-15/h1-13H,(H,21,23)(H,22,24). The highest BCUT2D eigenvalue weighted by molar-refractivity contribution is 5.98. The van der Waals surface area contributed by atoms with Crippen LogP contribution in [0.4, 0.5) is 0 Å². The molecule has 0 fully saturated rings. The van der Waals surface area contributed by atoms with E-state index in [4.69, 9.17) is 4.74 Å². The Kier molecular flexibility index (Phi) is 5.01. The molecule has 6 heteroatoms. The van der Waals surface area contributed by atoms with Gasteiger partial charge in [-0.25, -0.2) is 0 Å². The summed E-state index contributed by atoms with van der Waals surface area (Å²) in [5.74, 6) is 0.242. The van der Waals surface area contributed by atoms with Crippen LogP contribution in [0.2, 0.25) is 0 Å². The fourth-order valence-electron chi connectivity index (χ4n) is 2.07. The van der Waals surface area contributed by atoms with Gasteiger partial charge >= 0.3 is 0 Å². The maximum absolute atomic E-state index is 12.2. The minimum Gasteiger partial charge on any atom is -0.457 e. The second-order valence-electron chi connectivity index (χ2n) is 5.07. The number of rotatable bonds is 4. The number of pyridine rings is 1. The summed E-state index contributed by atoms with van der Waals surface area (Å²) in [6, 6.07) is 20.9. The van der Waals surface area contributed by atoms with Crippen molar-refractivity contribution in [3.05, 3.63) is 90.3 Å². The smallest absolute Gasteiger partial charge is 0.288 e. The molecule has 0 spiro atoms. The number of hydrazine groups is 1. The van der Waals surface area contributed by atoms with Crippen LogP contribution in [-0.2, 0) is 0 Å². The van der Waals surface area contributed by atoms with Crippen molar-refractivity contribution >= 4 is 11.8 Å². The maximum atomic E-state index is 12.2. The largest absolute Gasteiger partial charge is 0.457 e. The lowest BCUT2D eigenvalue weighted by Gasteiger charge is -2.09. The third-order valence-electron chi connectivity index (χ3n) is 3.26. The minimum atomic E-state index is -0.495. The van der Waals surface area contributed by atoms with E-state index in [2.05, 4.69) is 15.8 Å². The van der Waals surface area contributed by atoms with Crippen LogP contribution in [-0.4, -0.2) is 16.8 Å². The van der Waals surface area contributed by atoms with E-state index in [0.29, 0.717) is 17.1 Å².